The van der Waals surface area contributed by atoms with Crippen molar-refractivity contribution in [3.8, 4) is 5.75 Å². The number of hydrogen-bond donors (Lipinski definition) is 0. The van der Waals surface area contributed by atoms with Crippen molar-refractivity contribution in [2.75, 3.05) is 0 Å². The van der Waals surface area contributed by atoms with E-state index in [1.807, 2.05) is 0 Å². The summed E-state index contributed by atoms with van der Waals surface area (Å²) in [7, 11) is 0. The number of azo groups is 1. The van der Waals surface area contributed by atoms with E-state index >= 15 is 0 Å². The number of Topliss-reactive ketones (excluding diaryl/α,β-unsaturated/α-hetero) is 1. The van der Waals surface area contributed by atoms with Crippen LogP contribution in [0.3, 0.4) is 0 Å². The molecule has 0 aromatic heterocycles. The van der Waals surface area contributed by atoms with Crippen molar-refractivity contribution in [2.45, 2.75) is 84.5 Å². The van der Waals surface area contributed by atoms with Gasteiger partial charge in [-0.3, -0.25) is 9.59 Å². The molecule has 0 bridgehead atoms. The fourth-order valence-electron chi connectivity index (χ4n) is 3.30. The molecule has 0 fully saturated rings. The first-order valence-corrected chi connectivity index (χ1v) is 12.0. The maximum atomic E-state index is 12.0. The molecular formula is C27H36N2O3. The van der Waals surface area contributed by atoms with Crippen LogP contribution in [0.25, 0.3) is 0 Å². The third-order valence-corrected chi connectivity index (χ3v) is 5.28. The lowest BCUT2D eigenvalue weighted by Crippen LogP contribution is -2.07. The van der Waals surface area contributed by atoms with Gasteiger partial charge >= 0.3 is 5.97 Å². The molecule has 0 amide bonds. The molecule has 0 N–H and O–H groups in total. The first-order chi connectivity index (χ1) is 15.6. The maximum Gasteiger partial charge on any atom is 0.311 e. The van der Waals surface area contributed by atoms with Gasteiger partial charge < -0.3 is 4.74 Å². The summed E-state index contributed by atoms with van der Waals surface area (Å²) in [6, 6.07) is 14.2. The molecule has 32 heavy (non-hydrogen) atoms. The molecule has 0 aliphatic carbocycles. The van der Waals surface area contributed by atoms with Crippen LogP contribution in [0.5, 0.6) is 5.75 Å². The van der Waals surface area contributed by atoms with Crippen LogP contribution >= 0.6 is 0 Å². The highest BCUT2D eigenvalue weighted by atomic mass is 16.5. The fraction of sp³-hybridized carbons (Fsp3) is 0.481. The van der Waals surface area contributed by atoms with Crippen molar-refractivity contribution in [1.29, 1.82) is 0 Å². The van der Waals surface area contributed by atoms with Crippen LogP contribution in [0.1, 0.15) is 94.8 Å². The van der Waals surface area contributed by atoms with Gasteiger partial charge in [-0.25, -0.2) is 0 Å². The van der Waals surface area contributed by atoms with Gasteiger partial charge in [0.25, 0.3) is 0 Å². The van der Waals surface area contributed by atoms with E-state index in [2.05, 4.69) is 24.1 Å². The van der Waals surface area contributed by atoms with Gasteiger partial charge in [0.15, 0.2) is 5.78 Å². The van der Waals surface area contributed by atoms with Crippen LogP contribution in [0, 0.1) is 0 Å². The average molecular weight is 437 g/mol. The lowest BCUT2D eigenvalue weighted by molar-refractivity contribution is -0.134. The van der Waals surface area contributed by atoms with Gasteiger partial charge in [0, 0.05) is 18.4 Å². The standard InChI is InChI=1S/C27H36N2O3/c1-3-5-7-8-9-10-11-13-27(31)32-25-20-18-24(19-21-25)29-28-23-16-14-22(15-17-23)26(30)12-6-4-2/h14-21H,3-13H2,1-2H3. The number of ketones is 1. The van der Waals surface area contributed by atoms with Crippen LogP contribution < -0.4 is 4.74 Å². The molecule has 2 aromatic carbocycles. The Morgan fingerprint density at radius 2 is 1.19 bits per heavy atom. The van der Waals surface area contributed by atoms with Crippen molar-refractivity contribution in [2.24, 2.45) is 10.2 Å². The Labute approximate surface area is 192 Å². The minimum absolute atomic E-state index is 0.160. The largest absolute Gasteiger partial charge is 0.427 e. The summed E-state index contributed by atoms with van der Waals surface area (Å²) in [4.78, 5) is 24.0. The van der Waals surface area contributed by atoms with Crippen molar-refractivity contribution >= 4 is 23.1 Å². The summed E-state index contributed by atoms with van der Waals surface area (Å²) >= 11 is 0. The van der Waals surface area contributed by atoms with E-state index in [1.165, 1.54) is 32.1 Å². The number of nitrogens with zero attached hydrogens (tertiary/aromatic N) is 2. The number of esters is 1. The zero-order valence-electron chi connectivity index (χ0n) is 19.5. The van der Waals surface area contributed by atoms with Crippen LogP contribution in [-0.2, 0) is 4.79 Å². The SMILES string of the molecule is CCCCCCCCCC(=O)Oc1ccc(N=Nc2ccc(C(=O)CCCC)cc2)cc1. The number of unbranched alkanes of at least 4 members (excludes halogenated alkanes) is 7. The number of benzene rings is 2. The van der Waals surface area contributed by atoms with Gasteiger partial charge in [-0.1, -0.05) is 58.8 Å². The second-order valence-corrected chi connectivity index (χ2v) is 8.11. The third-order valence-electron chi connectivity index (χ3n) is 5.28. The first kappa shape index (κ1) is 25.4. The third kappa shape index (κ3) is 9.99. The number of rotatable bonds is 15. The van der Waals surface area contributed by atoms with E-state index in [0.29, 0.717) is 35.5 Å². The second kappa shape index (κ2) is 15.1. The molecule has 0 saturated carbocycles. The molecule has 5 nitrogen and oxygen atoms in total. The van der Waals surface area contributed by atoms with E-state index in [0.717, 1.165) is 25.7 Å². The monoisotopic (exact) mass is 436 g/mol. The lowest BCUT2D eigenvalue weighted by Gasteiger charge is -2.05. The summed E-state index contributed by atoms with van der Waals surface area (Å²) in [5.74, 6) is 0.487. The number of carbonyl (C=O) groups is 2. The highest BCUT2D eigenvalue weighted by Gasteiger charge is 2.06. The predicted molar refractivity (Wildman–Crippen MR) is 129 cm³/mol. The first-order valence-electron chi connectivity index (χ1n) is 12.0. The maximum absolute atomic E-state index is 12.0. The summed E-state index contributed by atoms with van der Waals surface area (Å²) < 4.78 is 5.40. The Morgan fingerprint density at radius 1 is 0.656 bits per heavy atom. The van der Waals surface area contributed by atoms with Crippen LogP contribution in [0.2, 0.25) is 0 Å². The minimum Gasteiger partial charge on any atom is -0.427 e. The molecule has 0 radical (unpaired) electrons. The summed E-state index contributed by atoms with van der Waals surface area (Å²) in [5, 5.41) is 8.42. The molecule has 0 saturated heterocycles. The molecule has 0 atom stereocenters. The molecule has 5 heteroatoms. The number of carbonyl (C=O) groups excluding carboxylic acids is 2. The van der Waals surface area contributed by atoms with Gasteiger partial charge in [-0.2, -0.15) is 10.2 Å². The normalized spacial score (nSPS) is 11.1. The molecule has 2 aromatic rings. The zero-order valence-corrected chi connectivity index (χ0v) is 19.5. The van der Waals surface area contributed by atoms with E-state index < -0.39 is 0 Å². The minimum atomic E-state index is -0.193. The highest BCUT2D eigenvalue weighted by molar-refractivity contribution is 5.96. The molecule has 0 spiro atoms. The van der Waals surface area contributed by atoms with Crippen LogP contribution in [-0.4, -0.2) is 11.8 Å². The second-order valence-electron chi connectivity index (χ2n) is 8.11. The zero-order chi connectivity index (χ0) is 23.0. The van der Waals surface area contributed by atoms with Crippen molar-refractivity contribution in [1.82, 2.24) is 0 Å². The van der Waals surface area contributed by atoms with Crippen molar-refractivity contribution in [3.63, 3.8) is 0 Å². The average Bonchev–Trinajstić information content (AvgIpc) is 2.82. The van der Waals surface area contributed by atoms with E-state index in [-0.39, 0.29) is 11.8 Å². The summed E-state index contributed by atoms with van der Waals surface area (Å²) in [6.45, 7) is 4.29. The van der Waals surface area contributed by atoms with Crippen LogP contribution in [0.15, 0.2) is 58.8 Å². The van der Waals surface area contributed by atoms with E-state index in [9.17, 15) is 9.59 Å². The quantitative estimate of drug-likeness (QED) is 0.0923. The topological polar surface area (TPSA) is 68.1 Å². The van der Waals surface area contributed by atoms with Gasteiger partial charge in [0.1, 0.15) is 5.75 Å². The molecular weight excluding hydrogens is 400 g/mol. The van der Waals surface area contributed by atoms with Gasteiger partial charge in [0.05, 0.1) is 11.4 Å². The Hall–Kier alpha value is -2.82. The Morgan fingerprint density at radius 3 is 1.78 bits per heavy atom. The van der Waals surface area contributed by atoms with Crippen molar-refractivity contribution in [3.05, 3.63) is 54.1 Å². The molecule has 2 rings (SSSR count). The Kier molecular flexibility index (Phi) is 12.0. The highest BCUT2D eigenvalue weighted by Crippen LogP contribution is 2.22. The smallest absolute Gasteiger partial charge is 0.311 e. The fourth-order valence-corrected chi connectivity index (χ4v) is 3.30. The van der Waals surface area contributed by atoms with E-state index in [4.69, 9.17) is 4.74 Å². The number of ether oxygens (including phenoxy) is 1. The summed E-state index contributed by atoms with van der Waals surface area (Å²) in [6.07, 6.45) is 11.2. The Bertz CT molecular complexity index is 842. The molecule has 0 aliphatic rings. The van der Waals surface area contributed by atoms with Gasteiger partial charge in [-0.15, -0.1) is 0 Å². The number of hydrogen-bond acceptors (Lipinski definition) is 5. The molecule has 172 valence electrons. The van der Waals surface area contributed by atoms with Gasteiger partial charge in [0.2, 0.25) is 0 Å². The lowest BCUT2D eigenvalue weighted by atomic mass is 10.1. The Balaban J connectivity index is 1.74. The molecule has 0 aliphatic heterocycles. The van der Waals surface area contributed by atoms with Crippen molar-refractivity contribution < 1.29 is 14.3 Å². The van der Waals surface area contributed by atoms with Crippen LogP contribution in [0.4, 0.5) is 11.4 Å². The van der Waals surface area contributed by atoms with E-state index in [1.54, 1.807) is 48.5 Å². The predicted octanol–water partition coefficient (Wildman–Crippen LogP) is 8.52. The van der Waals surface area contributed by atoms with Gasteiger partial charge in [-0.05, 0) is 61.4 Å². The summed E-state index contributed by atoms with van der Waals surface area (Å²) in [5.41, 5.74) is 2.06. The molecule has 0 heterocycles. The molecule has 0 unspecified atom stereocenters.